The number of rotatable bonds is 6. The zero-order chi connectivity index (χ0) is 9.73. The van der Waals surface area contributed by atoms with E-state index in [-0.39, 0.29) is 0 Å². The molecule has 0 unspecified atom stereocenters. The zero-order valence-electron chi connectivity index (χ0n) is 9.23. The molecule has 1 saturated heterocycles. The highest BCUT2D eigenvalue weighted by molar-refractivity contribution is 4.91. The van der Waals surface area contributed by atoms with Gasteiger partial charge in [-0.25, -0.2) is 0 Å². The Kier molecular flexibility index (Phi) is 4.20. The van der Waals surface area contributed by atoms with Gasteiger partial charge in [0, 0.05) is 19.7 Å². The maximum atomic E-state index is 5.59. The molecule has 0 bridgehead atoms. The van der Waals surface area contributed by atoms with Gasteiger partial charge in [0.05, 0.1) is 6.10 Å². The maximum Gasteiger partial charge on any atom is 0.0518 e. The Hall–Kier alpha value is -0.0800. The molecular formula is C11H23NO. The Labute approximate surface area is 82.0 Å². The minimum absolute atomic E-state index is 0.381. The van der Waals surface area contributed by atoms with Crippen molar-refractivity contribution in [3.63, 3.8) is 0 Å². The third-order valence-electron chi connectivity index (χ3n) is 2.86. The molecule has 0 radical (unpaired) electrons. The summed E-state index contributed by atoms with van der Waals surface area (Å²) in [6.07, 6.45) is 4.25. The first kappa shape index (κ1) is 11.0. The highest BCUT2D eigenvalue weighted by atomic mass is 16.5. The van der Waals surface area contributed by atoms with Gasteiger partial charge < -0.3 is 10.1 Å². The van der Waals surface area contributed by atoms with E-state index >= 15 is 0 Å². The summed E-state index contributed by atoms with van der Waals surface area (Å²) in [6.45, 7) is 9.80. The van der Waals surface area contributed by atoms with E-state index in [0.29, 0.717) is 11.5 Å². The summed E-state index contributed by atoms with van der Waals surface area (Å²) in [6, 6.07) is 0. The quantitative estimate of drug-likeness (QED) is 0.685. The predicted octanol–water partition coefficient (Wildman–Crippen LogP) is 2.19. The molecule has 0 aromatic rings. The van der Waals surface area contributed by atoms with Gasteiger partial charge in [0.1, 0.15) is 0 Å². The van der Waals surface area contributed by atoms with Gasteiger partial charge >= 0.3 is 0 Å². The van der Waals surface area contributed by atoms with Crippen molar-refractivity contribution < 1.29 is 4.74 Å². The molecule has 0 amide bonds. The van der Waals surface area contributed by atoms with Crippen molar-refractivity contribution in [1.29, 1.82) is 0 Å². The largest absolute Gasteiger partial charge is 0.379 e. The Morgan fingerprint density at radius 1 is 1.31 bits per heavy atom. The molecule has 2 heteroatoms. The first-order valence-electron chi connectivity index (χ1n) is 5.51. The van der Waals surface area contributed by atoms with Crippen LogP contribution >= 0.6 is 0 Å². The van der Waals surface area contributed by atoms with Crippen molar-refractivity contribution in [3.8, 4) is 0 Å². The van der Waals surface area contributed by atoms with Crippen molar-refractivity contribution in [2.24, 2.45) is 5.41 Å². The lowest BCUT2D eigenvalue weighted by molar-refractivity contribution is 0.0298. The zero-order valence-corrected chi connectivity index (χ0v) is 9.23. The maximum absolute atomic E-state index is 5.59. The molecule has 78 valence electrons. The standard InChI is InChI=1S/C11H23NO/c1-4-5-11(8-12-9-11)6-7-13-10(2)3/h10,12H,4-9H2,1-3H3. The van der Waals surface area contributed by atoms with Gasteiger partial charge in [0.25, 0.3) is 0 Å². The molecule has 0 saturated carbocycles. The summed E-state index contributed by atoms with van der Waals surface area (Å²) in [7, 11) is 0. The topological polar surface area (TPSA) is 21.3 Å². The molecule has 0 atom stereocenters. The van der Waals surface area contributed by atoms with E-state index in [2.05, 4.69) is 26.1 Å². The van der Waals surface area contributed by atoms with E-state index in [1.165, 1.54) is 32.4 Å². The second-order valence-corrected chi connectivity index (χ2v) is 4.52. The Morgan fingerprint density at radius 3 is 2.38 bits per heavy atom. The van der Waals surface area contributed by atoms with Crippen LogP contribution in [0, 0.1) is 5.41 Å². The Balaban J connectivity index is 2.16. The van der Waals surface area contributed by atoms with Crippen LogP contribution in [0.5, 0.6) is 0 Å². The molecule has 0 aromatic carbocycles. The third-order valence-corrected chi connectivity index (χ3v) is 2.86. The van der Waals surface area contributed by atoms with Crippen LogP contribution in [0.4, 0.5) is 0 Å². The first-order valence-corrected chi connectivity index (χ1v) is 5.51. The number of hydrogen-bond donors (Lipinski definition) is 1. The SMILES string of the molecule is CCCC1(CCOC(C)C)CNC1. The fraction of sp³-hybridized carbons (Fsp3) is 1.00. The monoisotopic (exact) mass is 185 g/mol. The van der Waals surface area contributed by atoms with Crippen molar-refractivity contribution >= 4 is 0 Å². The second-order valence-electron chi connectivity index (χ2n) is 4.52. The molecule has 13 heavy (non-hydrogen) atoms. The molecule has 2 nitrogen and oxygen atoms in total. The van der Waals surface area contributed by atoms with E-state index in [0.717, 1.165) is 6.61 Å². The van der Waals surface area contributed by atoms with Crippen LogP contribution in [-0.4, -0.2) is 25.8 Å². The van der Waals surface area contributed by atoms with E-state index < -0.39 is 0 Å². The third kappa shape index (κ3) is 3.28. The molecule has 1 rings (SSSR count). The summed E-state index contributed by atoms with van der Waals surface area (Å²) >= 11 is 0. The summed E-state index contributed by atoms with van der Waals surface area (Å²) in [5.41, 5.74) is 0.573. The van der Waals surface area contributed by atoms with Gasteiger partial charge in [-0.05, 0) is 32.1 Å². The van der Waals surface area contributed by atoms with Crippen LogP contribution in [0.3, 0.4) is 0 Å². The molecule has 1 heterocycles. The normalized spacial score (nSPS) is 20.3. The smallest absolute Gasteiger partial charge is 0.0518 e. The van der Waals surface area contributed by atoms with Crippen LogP contribution in [-0.2, 0) is 4.74 Å². The van der Waals surface area contributed by atoms with E-state index in [4.69, 9.17) is 4.74 Å². The number of nitrogens with one attached hydrogen (secondary N) is 1. The summed E-state index contributed by atoms with van der Waals surface area (Å²) in [5.74, 6) is 0. The average molecular weight is 185 g/mol. The fourth-order valence-corrected chi connectivity index (χ4v) is 2.00. The van der Waals surface area contributed by atoms with Crippen molar-refractivity contribution in [2.75, 3.05) is 19.7 Å². The number of hydrogen-bond acceptors (Lipinski definition) is 2. The second kappa shape index (κ2) is 4.97. The minimum atomic E-state index is 0.381. The van der Waals surface area contributed by atoms with Crippen LogP contribution in [0.15, 0.2) is 0 Å². The average Bonchev–Trinajstić information content (AvgIpc) is 1.99. The van der Waals surface area contributed by atoms with Crippen molar-refractivity contribution in [2.45, 2.75) is 46.1 Å². The van der Waals surface area contributed by atoms with Gasteiger partial charge in [-0.3, -0.25) is 0 Å². The van der Waals surface area contributed by atoms with Gasteiger partial charge in [0.15, 0.2) is 0 Å². The highest BCUT2D eigenvalue weighted by Crippen LogP contribution is 2.32. The molecule has 1 fully saturated rings. The summed E-state index contributed by atoms with van der Waals surface area (Å²) in [5, 5.41) is 3.37. The van der Waals surface area contributed by atoms with E-state index in [9.17, 15) is 0 Å². The summed E-state index contributed by atoms with van der Waals surface area (Å²) < 4.78 is 5.59. The summed E-state index contributed by atoms with van der Waals surface area (Å²) in [4.78, 5) is 0. The van der Waals surface area contributed by atoms with Crippen LogP contribution in [0.1, 0.15) is 40.0 Å². The number of ether oxygens (including phenoxy) is 1. The molecule has 0 aromatic heterocycles. The Morgan fingerprint density at radius 2 is 2.00 bits per heavy atom. The van der Waals surface area contributed by atoms with Gasteiger partial charge in [-0.1, -0.05) is 13.3 Å². The Bertz CT molecular complexity index is 141. The molecule has 0 aliphatic carbocycles. The molecule has 1 aliphatic rings. The lowest BCUT2D eigenvalue weighted by Gasteiger charge is -2.43. The minimum Gasteiger partial charge on any atom is -0.379 e. The highest BCUT2D eigenvalue weighted by Gasteiger charge is 2.35. The molecule has 1 N–H and O–H groups in total. The van der Waals surface area contributed by atoms with Crippen LogP contribution in [0.2, 0.25) is 0 Å². The predicted molar refractivity (Wildman–Crippen MR) is 55.9 cm³/mol. The fourth-order valence-electron chi connectivity index (χ4n) is 2.00. The van der Waals surface area contributed by atoms with E-state index in [1.54, 1.807) is 0 Å². The van der Waals surface area contributed by atoms with Gasteiger partial charge in [0.2, 0.25) is 0 Å². The first-order chi connectivity index (χ1) is 6.18. The lowest BCUT2D eigenvalue weighted by atomic mass is 9.75. The van der Waals surface area contributed by atoms with Crippen molar-refractivity contribution in [1.82, 2.24) is 5.32 Å². The van der Waals surface area contributed by atoms with Crippen LogP contribution < -0.4 is 5.32 Å². The molecular weight excluding hydrogens is 162 g/mol. The van der Waals surface area contributed by atoms with Crippen LogP contribution in [0.25, 0.3) is 0 Å². The lowest BCUT2D eigenvalue weighted by Crippen LogP contribution is -2.53. The molecule has 0 spiro atoms. The van der Waals surface area contributed by atoms with Crippen molar-refractivity contribution in [3.05, 3.63) is 0 Å². The van der Waals surface area contributed by atoms with Gasteiger partial charge in [-0.15, -0.1) is 0 Å². The van der Waals surface area contributed by atoms with Gasteiger partial charge in [-0.2, -0.15) is 0 Å². The van der Waals surface area contributed by atoms with E-state index in [1.807, 2.05) is 0 Å². The molecule has 1 aliphatic heterocycles.